The highest BCUT2D eigenvalue weighted by Gasteiger charge is 2.31. The Morgan fingerprint density at radius 1 is 1.23 bits per heavy atom. The van der Waals surface area contributed by atoms with Crippen LogP contribution in [0, 0.1) is 12.8 Å². The second kappa shape index (κ2) is 8.88. The molecule has 4 rings (SSSR count). The zero-order chi connectivity index (χ0) is 22.0. The van der Waals surface area contributed by atoms with E-state index >= 15 is 0 Å². The van der Waals surface area contributed by atoms with Gasteiger partial charge in [-0.15, -0.1) is 0 Å². The third-order valence-electron chi connectivity index (χ3n) is 5.74. The first kappa shape index (κ1) is 21.0. The molecule has 1 aromatic carbocycles. The van der Waals surface area contributed by atoms with Crippen molar-refractivity contribution < 1.29 is 23.5 Å². The number of furan rings is 1. The zero-order valence-corrected chi connectivity index (χ0v) is 18.2. The monoisotopic (exact) mass is 424 g/mol. The maximum atomic E-state index is 13.5. The molecule has 0 radical (unpaired) electrons. The lowest BCUT2D eigenvalue weighted by Crippen LogP contribution is -2.43. The van der Waals surface area contributed by atoms with Crippen LogP contribution in [-0.4, -0.2) is 48.1 Å². The molecular weight excluding hydrogens is 396 g/mol. The number of amides is 1. The van der Waals surface area contributed by atoms with Crippen molar-refractivity contribution in [2.75, 3.05) is 26.8 Å². The number of aromatic nitrogens is 1. The molecule has 2 aromatic heterocycles. The predicted molar refractivity (Wildman–Crippen MR) is 116 cm³/mol. The quantitative estimate of drug-likeness (QED) is 0.559. The van der Waals surface area contributed by atoms with Gasteiger partial charge in [-0.25, -0.2) is 0 Å². The Balaban J connectivity index is 1.65. The standard InChI is InChI=1S/C24H28N2O5/c1-4-30-24(28)18-8-6-10-25(15-18)23(27)21-13-22-20(11-16(2)31-22)26(21)14-17-7-5-9-19(12-17)29-3/h5,7,9,11-13,18H,4,6,8,10,14-15H2,1-3H3/t18-/m0/s1. The molecule has 7 heteroatoms. The van der Waals surface area contributed by atoms with E-state index in [-0.39, 0.29) is 17.8 Å². The van der Waals surface area contributed by atoms with Crippen LogP contribution < -0.4 is 4.74 Å². The van der Waals surface area contributed by atoms with E-state index in [0.29, 0.717) is 37.5 Å². The molecule has 1 amide bonds. The molecular formula is C24H28N2O5. The van der Waals surface area contributed by atoms with Gasteiger partial charge < -0.3 is 23.4 Å². The Morgan fingerprint density at radius 2 is 2.06 bits per heavy atom. The van der Waals surface area contributed by atoms with Gasteiger partial charge in [0.05, 0.1) is 25.2 Å². The van der Waals surface area contributed by atoms with Gasteiger partial charge >= 0.3 is 5.97 Å². The second-order valence-corrected chi connectivity index (χ2v) is 7.92. The van der Waals surface area contributed by atoms with E-state index in [1.165, 1.54) is 0 Å². The molecule has 0 aliphatic carbocycles. The maximum Gasteiger partial charge on any atom is 0.310 e. The van der Waals surface area contributed by atoms with Crippen molar-refractivity contribution >= 4 is 23.0 Å². The van der Waals surface area contributed by atoms with Gasteiger partial charge in [-0.3, -0.25) is 9.59 Å². The second-order valence-electron chi connectivity index (χ2n) is 7.92. The van der Waals surface area contributed by atoms with Crippen LogP contribution in [0.3, 0.4) is 0 Å². The summed E-state index contributed by atoms with van der Waals surface area (Å²) in [4.78, 5) is 27.5. The largest absolute Gasteiger partial charge is 0.497 e. The Hall–Kier alpha value is -3.22. The number of aryl methyl sites for hydroxylation is 1. The van der Waals surface area contributed by atoms with E-state index < -0.39 is 0 Å². The van der Waals surface area contributed by atoms with Crippen LogP contribution in [0.15, 0.2) is 40.8 Å². The molecule has 0 saturated carbocycles. The van der Waals surface area contributed by atoms with E-state index in [4.69, 9.17) is 13.9 Å². The normalized spacial score (nSPS) is 16.5. The van der Waals surface area contributed by atoms with Crippen molar-refractivity contribution in [1.82, 2.24) is 9.47 Å². The van der Waals surface area contributed by atoms with Crippen molar-refractivity contribution in [3.8, 4) is 5.75 Å². The summed E-state index contributed by atoms with van der Waals surface area (Å²) in [6.07, 6.45) is 1.52. The van der Waals surface area contributed by atoms with Crippen molar-refractivity contribution in [3.63, 3.8) is 0 Å². The van der Waals surface area contributed by atoms with Crippen molar-refractivity contribution in [2.24, 2.45) is 5.92 Å². The average molecular weight is 424 g/mol. The summed E-state index contributed by atoms with van der Waals surface area (Å²) >= 11 is 0. The predicted octanol–water partition coefficient (Wildman–Crippen LogP) is 4.01. The number of likely N-dealkylation sites (tertiary alicyclic amines) is 1. The minimum Gasteiger partial charge on any atom is -0.497 e. The molecule has 0 unspecified atom stereocenters. The van der Waals surface area contributed by atoms with E-state index in [0.717, 1.165) is 35.4 Å². The number of methoxy groups -OCH3 is 1. The number of fused-ring (bicyclic) bond motifs is 1. The number of carbonyl (C=O) groups is 2. The van der Waals surface area contributed by atoms with Gasteiger partial charge in [0.15, 0.2) is 5.58 Å². The van der Waals surface area contributed by atoms with Crippen molar-refractivity contribution in [2.45, 2.75) is 33.2 Å². The summed E-state index contributed by atoms with van der Waals surface area (Å²) in [5, 5.41) is 0. The highest BCUT2D eigenvalue weighted by atomic mass is 16.5. The van der Waals surface area contributed by atoms with Crippen LogP contribution in [0.2, 0.25) is 0 Å². The van der Waals surface area contributed by atoms with Crippen molar-refractivity contribution in [1.29, 1.82) is 0 Å². The highest BCUT2D eigenvalue weighted by Crippen LogP contribution is 2.28. The number of rotatable bonds is 6. The van der Waals surface area contributed by atoms with Gasteiger partial charge in [0.2, 0.25) is 0 Å². The molecule has 1 fully saturated rings. The van der Waals surface area contributed by atoms with Crippen LogP contribution in [-0.2, 0) is 16.1 Å². The number of ether oxygens (including phenoxy) is 2. The third-order valence-corrected chi connectivity index (χ3v) is 5.74. The molecule has 0 spiro atoms. The molecule has 7 nitrogen and oxygen atoms in total. The molecule has 0 N–H and O–H groups in total. The fourth-order valence-corrected chi connectivity index (χ4v) is 4.24. The number of hydrogen-bond acceptors (Lipinski definition) is 5. The number of piperidine rings is 1. The lowest BCUT2D eigenvalue weighted by atomic mass is 9.98. The molecule has 1 aliphatic rings. The lowest BCUT2D eigenvalue weighted by molar-refractivity contribution is -0.149. The zero-order valence-electron chi connectivity index (χ0n) is 18.2. The maximum absolute atomic E-state index is 13.5. The molecule has 1 atom stereocenters. The number of hydrogen-bond donors (Lipinski definition) is 0. The minimum atomic E-state index is -0.273. The fraction of sp³-hybridized carbons (Fsp3) is 0.417. The third kappa shape index (κ3) is 4.31. The van der Waals surface area contributed by atoms with Gasteiger partial charge in [0.1, 0.15) is 17.2 Å². The van der Waals surface area contributed by atoms with E-state index in [9.17, 15) is 9.59 Å². The molecule has 1 aliphatic heterocycles. The van der Waals surface area contributed by atoms with Gasteiger partial charge in [-0.2, -0.15) is 0 Å². The SMILES string of the molecule is CCOC(=O)[C@H]1CCCN(C(=O)c2cc3oc(C)cc3n2Cc2cccc(OC)c2)C1. The minimum absolute atomic E-state index is 0.0963. The molecule has 3 heterocycles. The summed E-state index contributed by atoms with van der Waals surface area (Å²) < 4.78 is 18.3. The number of benzene rings is 1. The summed E-state index contributed by atoms with van der Waals surface area (Å²) in [6.45, 7) is 5.55. The topological polar surface area (TPSA) is 73.9 Å². The first-order valence-corrected chi connectivity index (χ1v) is 10.7. The molecule has 31 heavy (non-hydrogen) atoms. The lowest BCUT2D eigenvalue weighted by Gasteiger charge is -2.31. The molecule has 164 valence electrons. The van der Waals surface area contributed by atoms with Crippen LogP contribution in [0.25, 0.3) is 11.1 Å². The summed E-state index contributed by atoms with van der Waals surface area (Å²) in [7, 11) is 1.64. The van der Waals surface area contributed by atoms with Gasteiger partial charge in [-0.1, -0.05) is 12.1 Å². The van der Waals surface area contributed by atoms with Gasteiger partial charge in [0.25, 0.3) is 5.91 Å². The first-order valence-electron chi connectivity index (χ1n) is 10.7. The summed E-state index contributed by atoms with van der Waals surface area (Å²) in [5.41, 5.74) is 3.14. The van der Waals surface area contributed by atoms with E-state index in [2.05, 4.69) is 0 Å². The van der Waals surface area contributed by atoms with Crippen LogP contribution in [0.4, 0.5) is 0 Å². The molecule has 0 bridgehead atoms. The number of esters is 1. The van der Waals surface area contributed by atoms with Crippen LogP contribution >= 0.6 is 0 Å². The fourth-order valence-electron chi connectivity index (χ4n) is 4.24. The molecule has 1 saturated heterocycles. The Morgan fingerprint density at radius 3 is 2.84 bits per heavy atom. The van der Waals surface area contributed by atoms with Gasteiger partial charge in [-0.05, 0) is 44.4 Å². The Bertz CT molecular complexity index is 1100. The van der Waals surface area contributed by atoms with E-state index in [1.54, 1.807) is 25.0 Å². The number of carbonyl (C=O) groups excluding carboxylic acids is 2. The first-order chi connectivity index (χ1) is 15.0. The Kier molecular flexibility index (Phi) is 6.02. The highest BCUT2D eigenvalue weighted by molar-refractivity contribution is 5.98. The van der Waals surface area contributed by atoms with E-state index in [1.807, 2.05) is 41.8 Å². The van der Waals surface area contributed by atoms with Crippen molar-refractivity contribution in [3.05, 3.63) is 53.4 Å². The van der Waals surface area contributed by atoms with Gasteiger partial charge in [0, 0.05) is 31.8 Å². The van der Waals surface area contributed by atoms with Crippen LogP contribution in [0.1, 0.15) is 41.6 Å². The molecule has 3 aromatic rings. The average Bonchev–Trinajstić information content (AvgIpc) is 3.30. The smallest absolute Gasteiger partial charge is 0.310 e. The van der Waals surface area contributed by atoms with Crippen LogP contribution in [0.5, 0.6) is 5.75 Å². The Labute approximate surface area is 181 Å². The number of nitrogens with zero attached hydrogens (tertiary/aromatic N) is 2. The summed E-state index contributed by atoms with van der Waals surface area (Å²) in [6, 6.07) is 11.6. The summed E-state index contributed by atoms with van der Waals surface area (Å²) in [5.74, 6) is 0.968.